The van der Waals surface area contributed by atoms with Gasteiger partial charge < -0.3 is 15.4 Å². The number of allylic oxidation sites excluding steroid dienone is 1. The van der Waals surface area contributed by atoms with E-state index in [1.54, 1.807) is 4.68 Å². The molecule has 1 amide bonds. The molecule has 1 aromatic heterocycles. The van der Waals surface area contributed by atoms with Crippen molar-refractivity contribution in [2.24, 2.45) is 0 Å². The smallest absolute Gasteiger partial charge is 0.255 e. The van der Waals surface area contributed by atoms with Gasteiger partial charge in [0.25, 0.3) is 5.91 Å². The highest BCUT2D eigenvalue weighted by Crippen LogP contribution is 2.38. The summed E-state index contributed by atoms with van der Waals surface area (Å²) in [6.07, 6.45) is 0. The molecule has 0 spiro atoms. The number of rotatable bonds is 9. The van der Waals surface area contributed by atoms with Crippen LogP contribution in [0.1, 0.15) is 46.3 Å². The van der Waals surface area contributed by atoms with Crippen LogP contribution in [0.15, 0.2) is 107 Å². The van der Waals surface area contributed by atoms with Crippen molar-refractivity contribution in [2.75, 3.05) is 10.6 Å². The van der Waals surface area contributed by atoms with Crippen LogP contribution in [0.25, 0.3) is 0 Å². The number of amides is 1. The summed E-state index contributed by atoms with van der Waals surface area (Å²) >= 11 is 7.89. The summed E-state index contributed by atoms with van der Waals surface area (Å²) in [5.74, 6) is 1.72. The number of ether oxygens (including phenoxy) is 1. The minimum absolute atomic E-state index is 0.205. The van der Waals surface area contributed by atoms with E-state index in [2.05, 4.69) is 47.9 Å². The highest BCUT2D eigenvalue weighted by atomic mass is 35.5. The van der Waals surface area contributed by atoms with Crippen LogP contribution in [0, 0.1) is 20.8 Å². The molecule has 1 unspecified atom stereocenters. The lowest BCUT2D eigenvalue weighted by molar-refractivity contribution is -0.113. The third kappa shape index (κ3) is 6.92. The van der Waals surface area contributed by atoms with E-state index in [1.807, 2.05) is 81.4 Å². The van der Waals surface area contributed by atoms with E-state index in [-0.39, 0.29) is 5.91 Å². The molecule has 7 nitrogen and oxygen atoms in total. The van der Waals surface area contributed by atoms with Crippen molar-refractivity contribution in [3.63, 3.8) is 0 Å². The average molecular weight is 636 g/mol. The number of benzene rings is 4. The van der Waals surface area contributed by atoms with Crippen LogP contribution in [0.5, 0.6) is 5.75 Å². The van der Waals surface area contributed by atoms with Crippen molar-refractivity contribution in [2.45, 2.75) is 51.3 Å². The van der Waals surface area contributed by atoms with Gasteiger partial charge in [-0.1, -0.05) is 101 Å². The Morgan fingerprint density at radius 1 is 0.956 bits per heavy atom. The molecule has 2 N–H and O–H groups in total. The highest BCUT2D eigenvalue weighted by Gasteiger charge is 2.34. The van der Waals surface area contributed by atoms with Gasteiger partial charge in [-0.3, -0.25) is 4.79 Å². The van der Waals surface area contributed by atoms with Crippen molar-refractivity contribution in [1.29, 1.82) is 0 Å². The van der Waals surface area contributed by atoms with Crippen molar-refractivity contribution in [3.05, 3.63) is 141 Å². The number of thioether (sulfide) groups is 1. The molecule has 9 heteroatoms. The topological polar surface area (TPSA) is 81.1 Å². The number of anilines is 2. The van der Waals surface area contributed by atoms with Crippen LogP contribution < -0.4 is 15.4 Å². The number of aryl methyl sites for hydroxylation is 3. The first kappa shape index (κ1) is 30.5. The molecule has 228 valence electrons. The first-order valence-electron chi connectivity index (χ1n) is 14.7. The Morgan fingerprint density at radius 3 is 2.42 bits per heavy atom. The number of fused-ring (bicyclic) bond motifs is 1. The Hall–Kier alpha value is -4.53. The third-order valence-electron chi connectivity index (χ3n) is 7.74. The second-order valence-electron chi connectivity index (χ2n) is 11.2. The lowest BCUT2D eigenvalue weighted by atomic mass is 9.94. The largest absolute Gasteiger partial charge is 0.489 e. The van der Waals surface area contributed by atoms with E-state index in [9.17, 15) is 4.79 Å². The molecule has 1 aliphatic rings. The SMILES string of the molecule is CC1=C(C(=O)Nc2ccc(C)cc2C)C(c2ccc(OCc3ccc(C)cc3)cc2)n2nc(SCc3ccccc3Cl)nc2N1. The van der Waals surface area contributed by atoms with E-state index in [4.69, 9.17) is 26.4 Å². The van der Waals surface area contributed by atoms with Crippen LogP contribution >= 0.6 is 23.4 Å². The molecule has 0 aliphatic carbocycles. The van der Waals surface area contributed by atoms with Crippen molar-refractivity contribution in [3.8, 4) is 5.75 Å². The number of hydrogen-bond acceptors (Lipinski definition) is 6. The molecule has 5 aromatic rings. The predicted octanol–water partition coefficient (Wildman–Crippen LogP) is 8.66. The first-order chi connectivity index (χ1) is 21.7. The summed E-state index contributed by atoms with van der Waals surface area (Å²) in [5, 5.41) is 12.6. The lowest BCUT2D eigenvalue weighted by Crippen LogP contribution is -2.31. The molecular weight excluding hydrogens is 602 g/mol. The van der Waals surface area contributed by atoms with Crippen LogP contribution in [0.3, 0.4) is 0 Å². The summed E-state index contributed by atoms with van der Waals surface area (Å²) in [4.78, 5) is 18.8. The fourth-order valence-electron chi connectivity index (χ4n) is 5.29. The van der Waals surface area contributed by atoms with Crippen molar-refractivity contribution in [1.82, 2.24) is 14.8 Å². The number of carbonyl (C=O) groups is 1. The van der Waals surface area contributed by atoms with Crippen LogP contribution in [0.2, 0.25) is 5.02 Å². The zero-order chi connectivity index (χ0) is 31.5. The van der Waals surface area contributed by atoms with Gasteiger partial charge in [0.05, 0.1) is 5.57 Å². The standard InChI is InChI=1S/C36H34ClN5O2S/c1-22-9-12-26(13-10-22)20-44-29-16-14-27(15-17-29)33-32(34(43)39-31-18-11-23(2)19-24(31)3)25(4)38-35-40-36(41-42(33)35)45-21-28-7-5-6-8-30(28)37/h5-19,33H,20-21H2,1-4H3,(H,39,43)(H,38,40,41). The normalized spacial score (nSPS) is 14.1. The summed E-state index contributed by atoms with van der Waals surface area (Å²) < 4.78 is 7.87. The van der Waals surface area contributed by atoms with E-state index in [0.717, 1.165) is 39.3 Å². The maximum atomic E-state index is 14.0. The lowest BCUT2D eigenvalue weighted by Gasteiger charge is -2.29. The van der Waals surface area contributed by atoms with Crippen molar-refractivity contribution < 1.29 is 9.53 Å². The summed E-state index contributed by atoms with van der Waals surface area (Å²) in [5.41, 5.74) is 8.37. The van der Waals surface area contributed by atoms with E-state index >= 15 is 0 Å². The maximum Gasteiger partial charge on any atom is 0.255 e. The number of nitrogens with one attached hydrogen (secondary N) is 2. The van der Waals surface area contributed by atoms with Gasteiger partial charge in [0.1, 0.15) is 18.4 Å². The zero-order valence-corrected chi connectivity index (χ0v) is 27.2. The second kappa shape index (κ2) is 13.2. The minimum atomic E-state index is -0.514. The molecule has 0 bridgehead atoms. The summed E-state index contributed by atoms with van der Waals surface area (Å²) in [6, 6.07) is 29.4. The molecule has 2 heterocycles. The van der Waals surface area contributed by atoms with Crippen molar-refractivity contribution >= 4 is 40.9 Å². The molecule has 45 heavy (non-hydrogen) atoms. The minimum Gasteiger partial charge on any atom is -0.489 e. The Bertz CT molecular complexity index is 1880. The molecule has 1 atom stereocenters. The van der Waals surface area contributed by atoms with Crippen LogP contribution in [-0.4, -0.2) is 20.7 Å². The number of aromatic nitrogens is 3. The van der Waals surface area contributed by atoms with Crippen LogP contribution in [-0.2, 0) is 17.2 Å². The molecule has 1 aliphatic heterocycles. The van der Waals surface area contributed by atoms with E-state index in [1.165, 1.54) is 17.3 Å². The quantitative estimate of drug-likeness (QED) is 0.158. The van der Waals surface area contributed by atoms with Gasteiger partial charge >= 0.3 is 0 Å². The van der Waals surface area contributed by atoms with Gasteiger partial charge in [-0.05, 0) is 74.2 Å². The Morgan fingerprint density at radius 2 is 1.69 bits per heavy atom. The van der Waals surface area contributed by atoms with E-state index < -0.39 is 6.04 Å². The predicted molar refractivity (Wildman–Crippen MR) is 182 cm³/mol. The summed E-state index contributed by atoms with van der Waals surface area (Å²) in [6.45, 7) is 8.46. The Kier molecular flexibility index (Phi) is 8.96. The number of carbonyl (C=O) groups excluding carboxylic acids is 1. The molecule has 0 saturated carbocycles. The van der Waals surface area contributed by atoms with Gasteiger partial charge in [-0.15, -0.1) is 5.10 Å². The number of halogens is 1. The van der Waals surface area contributed by atoms with Crippen LogP contribution in [0.4, 0.5) is 11.6 Å². The highest BCUT2D eigenvalue weighted by molar-refractivity contribution is 7.98. The second-order valence-corrected chi connectivity index (χ2v) is 12.6. The third-order valence-corrected chi connectivity index (χ3v) is 9.00. The number of hydrogen-bond donors (Lipinski definition) is 2. The fourth-order valence-corrected chi connectivity index (χ4v) is 6.41. The van der Waals surface area contributed by atoms with Gasteiger partial charge in [0, 0.05) is 22.2 Å². The maximum absolute atomic E-state index is 14.0. The van der Waals surface area contributed by atoms with Gasteiger partial charge in [0.15, 0.2) is 0 Å². The Labute approximate surface area is 272 Å². The molecule has 4 aromatic carbocycles. The molecule has 0 fully saturated rings. The molecular formula is C36H34ClN5O2S. The van der Waals surface area contributed by atoms with Gasteiger partial charge in [0.2, 0.25) is 11.1 Å². The van der Waals surface area contributed by atoms with Gasteiger partial charge in [-0.2, -0.15) is 4.98 Å². The number of nitrogens with zero attached hydrogens (tertiary/aromatic N) is 3. The monoisotopic (exact) mass is 635 g/mol. The first-order valence-corrected chi connectivity index (χ1v) is 16.1. The molecule has 0 radical (unpaired) electrons. The molecule has 6 rings (SSSR count). The fraction of sp³-hybridized carbons (Fsp3) is 0.194. The van der Waals surface area contributed by atoms with E-state index in [0.29, 0.717) is 39.8 Å². The molecule has 0 saturated heterocycles. The van der Waals surface area contributed by atoms with Gasteiger partial charge in [-0.25, -0.2) is 4.68 Å². The average Bonchev–Trinajstić information content (AvgIpc) is 3.43. The Balaban J connectivity index is 1.30. The summed E-state index contributed by atoms with van der Waals surface area (Å²) in [7, 11) is 0. The zero-order valence-electron chi connectivity index (χ0n) is 25.6.